The Labute approximate surface area is 74.9 Å². The Morgan fingerprint density at radius 3 is 2.85 bits per heavy atom. The summed E-state index contributed by atoms with van der Waals surface area (Å²) in [6.45, 7) is 0. The molecule has 0 radical (unpaired) electrons. The molecular weight excluding hydrogens is 168 g/mol. The molecule has 0 atom stereocenters. The molecule has 5 N–H and O–H groups in total. The van der Waals surface area contributed by atoms with Crippen LogP contribution in [0.4, 0.5) is 5.69 Å². The molecule has 0 amide bonds. The number of nitrogens with one attached hydrogen (secondary N) is 2. The van der Waals surface area contributed by atoms with Crippen LogP contribution in [0.5, 0.6) is 5.75 Å². The van der Waals surface area contributed by atoms with Crippen molar-refractivity contribution in [2.75, 3.05) is 5.32 Å². The number of phenolic OH excluding ortho intramolecular Hbond substituents is 1. The second-order valence-corrected chi connectivity index (χ2v) is 2.38. The van der Waals surface area contributed by atoms with E-state index in [2.05, 4.69) is 5.32 Å². The zero-order chi connectivity index (χ0) is 9.84. The Hall–Kier alpha value is -2.22. The summed E-state index contributed by atoms with van der Waals surface area (Å²) in [5, 5.41) is 27.1. The Bertz CT molecular complexity index is 380. The van der Waals surface area contributed by atoms with E-state index in [0.717, 1.165) is 0 Å². The molecule has 1 aromatic rings. The monoisotopic (exact) mass is 176 g/mol. The standard InChI is InChI=1S/C8H8N4O/c9-4-5-1-2-7(13)6(3-5)12-8(10)11/h1-3,13H,(H4,10,11,12). The van der Waals surface area contributed by atoms with E-state index in [1.807, 2.05) is 6.07 Å². The van der Waals surface area contributed by atoms with Crippen molar-refractivity contribution in [2.45, 2.75) is 0 Å². The maximum absolute atomic E-state index is 9.26. The molecule has 0 saturated carbocycles. The molecule has 0 aliphatic heterocycles. The lowest BCUT2D eigenvalue weighted by Gasteiger charge is -2.05. The van der Waals surface area contributed by atoms with Gasteiger partial charge in [0, 0.05) is 0 Å². The lowest BCUT2D eigenvalue weighted by Crippen LogP contribution is -2.20. The van der Waals surface area contributed by atoms with E-state index >= 15 is 0 Å². The van der Waals surface area contributed by atoms with Crippen LogP contribution in [-0.2, 0) is 0 Å². The third kappa shape index (κ3) is 2.10. The summed E-state index contributed by atoms with van der Waals surface area (Å²) in [6.07, 6.45) is 0. The van der Waals surface area contributed by atoms with Crippen molar-refractivity contribution in [1.82, 2.24) is 0 Å². The molecule has 0 unspecified atom stereocenters. The highest BCUT2D eigenvalue weighted by Gasteiger charge is 2.02. The fourth-order valence-electron chi connectivity index (χ4n) is 0.851. The molecule has 0 fully saturated rings. The number of anilines is 1. The van der Waals surface area contributed by atoms with Crippen molar-refractivity contribution >= 4 is 11.6 Å². The second-order valence-electron chi connectivity index (χ2n) is 2.38. The van der Waals surface area contributed by atoms with Gasteiger partial charge in [-0.3, -0.25) is 5.41 Å². The van der Waals surface area contributed by atoms with Gasteiger partial charge in [0.1, 0.15) is 5.75 Å². The van der Waals surface area contributed by atoms with Crippen LogP contribution in [-0.4, -0.2) is 11.1 Å². The van der Waals surface area contributed by atoms with E-state index in [4.69, 9.17) is 16.4 Å². The van der Waals surface area contributed by atoms with Gasteiger partial charge in [0.05, 0.1) is 17.3 Å². The van der Waals surface area contributed by atoms with E-state index in [1.54, 1.807) is 0 Å². The topological polar surface area (TPSA) is 106 Å². The van der Waals surface area contributed by atoms with E-state index in [0.29, 0.717) is 5.56 Å². The lowest BCUT2D eigenvalue weighted by atomic mass is 10.2. The molecule has 5 nitrogen and oxygen atoms in total. The minimum Gasteiger partial charge on any atom is -0.506 e. The molecular formula is C8H8N4O. The maximum atomic E-state index is 9.26. The third-order valence-corrected chi connectivity index (χ3v) is 1.39. The molecule has 0 bridgehead atoms. The number of hydrogen-bond donors (Lipinski definition) is 4. The number of nitrogens with two attached hydrogens (primary N) is 1. The molecule has 13 heavy (non-hydrogen) atoms. The number of phenols is 1. The SMILES string of the molecule is N#Cc1ccc(O)c(NC(=N)N)c1. The quantitative estimate of drug-likeness (QED) is 0.285. The van der Waals surface area contributed by atoms with E-state index in [1.165, 1.54) is 18.2 Å². The molecule has 66 valence electrons. The fraction of sp³-hybridized carbons (Fsp3) is 0. The Morgan fingerprint density at radius 1 is 1.62 bits per heavy atom. The highest BCUT2D eigenvalue weighted by molar-refractivity contribution is 5.91. The second kappa shape index (κ2) is 3.45. The summed E-state index contributed by atoms with van der Waals surface area (Å²) in [7, 11) is 0. The van der Waals surface area contributed by atoms with Crippen molar-refractivity contribution in [1.29, 1.82) is 10.7 Å². The molecule has 1 rings (SSSR count). The average Bonchev–Trinajstić information content (AvgIpc) is 2.08. The van der Waals surface area contributed by atoms with Crippen LogP contribution in [0.25, 0.3) is 0 Å². The first-order chi connectivity index (χ1) is 6.13. The van der Waals surface area contributed by atoms with Gasteiger partial charge in [-0.1, -0.05) is 0 Å². The van der Waals surface area contributed by atoms with Crippen molar-refractivity contribution in [3.63, 3.8) is 0 Å². The molecule has 0 spiro atoms. The van der Waals surface area contributed by atoms with Crippen LogP contribution >= 0.6 is 0 Å². The molecule has 1 aromatic carbocycles. The molecule has 5 heteroatoms. The Kier molecular flexibility index (Phi) is 2.36. The number of nitrogens with zero attached hydrogens (tertiary/aromatic N) is 1. The van der Waals surface area contributed by atoms with Crippen molar-refractivity contribution in [2.24, 2.45) is 5.73 Å². The Balaban J connectivity index is 3.05. The normalized spacial score (nSPS) is 8.85. The van der Waals surface area contributed by atoms with Gasteiger partial charge in [0.15, 0.2) is 5.96 Å². The van der Waals surface area contributed by atoms with Crippen LogP contribution in [0.15, 0.2) is 18.2 Å². The van der Waals surface area contributed by atoms with Crippen LogP contribution in [0, 0.1) is 16.7 Å². The van der Waals surface area contributed by atoms with Gasteiger partial charge in [-0.05, 0) is 18.2 Å². The maximum Gasteiger partial charge on any atom is 0.190 e. The summed E-state index contributed by atoms with van der Waals surface area (Å²) in [6, 6.07) is 6.16. The van der Waals surface area contributed by atoms with E-state index in [-0.39, 0.29) is 17.4 Å². The minimum atomic E-state index is -0.287. The van der Waals surface area contributed by atoms with Gasteiger partial charge in [0.2, 0.25) is 0 Å². The van der Waals surface area contributed by atoms with Gasteiger partial charge < -0.3 is 16.2 Å². The Morgan fingerprint density at radius 2 is 2.31 bits per heavy atom. The van der Waals surface area contributed by atoms with Gasteiger partial charge in [-0.2, -0.15) is 5.26 Å². The van der Waals surface area contributed by atoms with Crippen molar-refractivity contribution in [3.05, 3.63) is 23.8 Å². The van der Waals surface area contributed by atoms with Crippen LogP contribution in [0.2, 0.25) is 0 Å². The van der Waals surface area contributed by atoms with Crippen LogP contribution in [0.3, 0.4) is 0 Å². The highest BCUT2D eigenvalue weighted by Crippen LogP contribution is 2.23. The smallest absolute Gasteiger partial charge is 0.190 e. The number of guanidine groups is 1. The molecule has 0 aromatic heterocycles. The number of nitriles is 1. The third-order valence-electron chi connectivity index (χ3n) is 1.39. The predicted molar refractivity (Wildman–Crippen MR) is 48.4 cm³/mol. The van der Waals surface area contributed by atoms with Gasteiger partial charge in [-0.25, -0.2) is 0 Å². The molecule has 0 saturated heterocycles. The summed E-state index contributed by atoms with van der Waals surface area (Å²) >= 11 is 0. The van der Waals surface area contributed by atoms with Crippen molar-refractivity contribution in [3.8, 4) is 11.8 Å². The molecule has 0 aliphatic rings. The number of hydrogen-bond acceptors (Lipinski definition) is 3. The largest absolute Gasteiger partial charge is 0.506 e. The van der Waals surface area contributed by atoms with Gasteiger partial charge in [-0.15, -0.1) is 0 Å². The predicted octanol–water partition coefficient (Wildman–Crippen LogP) is 0.569. The summed E-state index contributed by atoms with van der Waals surface area (Å²) in [5.41, 5.74) is 5.71. The summed E-state index contributed by atoms with van der Waals surface area (Å²) in [4.78, 5) is 0. The number of aromatic hydroxyl groups is 1. The summed E-state index contributed by atoms with van der Waals surface area (Å²) in [5.74, 6) is -0.334. The summed E-state index contributed by atoms with van der Waals surface area (Å²) < 4.78 is 0. The van der Waals surface area contributed by atoms with Crippen LogP contribution in [0.1, 0.15) is 5.56 Å². The first kappa shape index (κ1) is 8.87. The zero-order valence-corrected chi connectivity index (χ0v) is 6.70. The van der Waals surface area contributed by atoms with Gasteiger partial charge in [0.25, 0.3) is 0 Å². The van der Waals surface area contributed by atoms with Gasteiger partial charge >= 0.3 is 0 Å². The zero-order valence-electron chi connectivity index (χ0n) is 6.70. The minimum absolute atomic E-state index is 0.0470. The average molecular weight is 176 g/mol. The van der Waals surface area contributed by atoms with E-state index in [9.17, 15) is 5.11 Å². The fourth-order valence-corrected chi connectivity index (χ4v) is 0.851. The highest BCUT2D eigenvalue weighted by atomic mass is 16.3. The first-order valence-electron chi connectivity index (χ1n) is 3.47. The van der Waals surface area contributed by atoms with Crippen LogP contribution < -0.4 is 11.1 Å². The lowest BCUT2D eigenvalue weighted by molar-refractivity contribution is 0.478. The van der Waals surface area contributed by atoms with E-state index < -0.39 is 0 Å². The first-order valence-corrected chi connectivity index (χ1v) is 3.47. The molecule has 0 heterocycles. The molecule has 0 aliphatic carbocycles. The number of rotatable bonds is 1. The number of benzene rings is 1. The van der Waals surface area contributed by atoms with Crippen molar-refractivity contribution < 1.29 is 5.11 Å².